The van der Waals surface area contributed by atoms with E-state index in [1.165, 1.54) is 0 Å². The predicted octanol–water partition coefficient (Wildman–Crippen LogP) is 0.588. The third kappa shape index (κ3) is 3.58. The van der Waals surface area contributed by atoms with Crippen molar-refractivity contribution in [1.29, 1.82) is 0 Å². The lowest BCUT2D eigenvalue weighted by molar-refractivity contribution is 0.170. The lowest BCUT2D eigenvalue weighted by atomic mass is 10.1. The Balaban J connectivity index is 1.97. The van der Waals surface area contributed by atoms with Gasteiger partial charge in [0.15, 0.2) is 0 Å². The Morgan fingerprint density at radius 2 is 1.75 bits per heavy atom. The fourth-order valence-electron chi connectivity index (χ4n) is 2.41. The van der Waals surface area contributed by atoms with Crippen LogP contribution in [0.2, 0.25) is 0 Å². The van der Waals surface area contributed by atoms with Crippen LogP contribution in [0.5, 0.6) is 0 Å². The highest BCUT2D eigenvalue weighted by Crippen LogP contribution is 2.17. The van der Waals surface area contributed by atoms with Gasteiger partial charge in [0, 0.05) is 32.7 Å². The molecule has 20 heavy (non-hydrogen) atoms. The summed E-state index contributed by atoms with van der Waals surface area (Å²) in [4.78, 5) is 2.66. The molecule has 0 bridgehead atoms. The van der Waals surface area contributed by atoms with E-state index in [1.54, 1.807) is 28.6 Å². The maximum atomic E-state index is 12.5. The van der Waals surface area contributed by atoms with E-state index in [-0.39, 0.29) is 0 Å². The molecule has 0 spiro atoms. The molecule has 0 aliphatic carbocycles. The zero-order chi connectivity index (χ0) is 14.6. The molecule has 1 aromatic carbocycles. The van der Waals surface area contributed by atoms with Crippen LogP contribution in [0.4, 0.5) is 0 Å². The first-order valence-electron chi connectivity index (χ1n) is 7.01. The Hall–Kier alpha value is -0.950. The van der Waals surface area contributed by atoms with Gasteiger partial charge in [-0.05, 0) is 24.6 Å². The maximum Gasteiger partial charge on any atom is 0.243 e. The van der Waals surface area contributed by atoms with Gasteiger partial charge in [0.05, 0.1) is 4.90 Å². The molecule has 2 rings (SSSR count). The third-order valence-electron chi connectivity index (χ3n) is 3.68. The summed E-state index contributed by atoms with van der Waals surface area (Å²) in [5.74, 6) is 0.451. The van der Waals surface area contributed by atoms with Gasteiger partial charge in [0.25, 0.3) is 0 Å². The van der Waals surface area contributed by atoms with Crippen molar-refractivity contribution in [2.45, 2.75) is 11.8 Å². The summed E-state index contributed by atoms with van der Waals surface area (Å²) >= 11 is 0. The second kappa shape index (κ2) is 6.67. The van der Waals surface area contributed by atoms with Gasteiger partial charge in [0.1, 0.15) is 0 Å². The summed E-state index contributed by atoms with van der Waals surface area (Å²) in [6.45, 7) is 6.38. The Kier molecular flexibility index (Phi) is 5.15. The van der Waals surface area contributed by atoms with Gasteiger partial charge >= 0.3 is 0 Å². The van der Waals surface area contributed by atoms with E-state index in [2.05, 4.69) is 11.8 Å². The van der Waals surface area contributed by atoms with E-state index in [1.807, 2.05) is 6.07 Å². The SMILES string of the molecule is CC(CN)CN1CCN(S(=O)(=O)c2ccccc2)CC1. The van der Waals surface area contributed by atoms with Gasteiger partial charge in [-0.15, -0.1) is 0 Å². The number of piperazine rings is 1. The highest BCUT2D eigenvalue weighted by atomic mass is 32.2. The molecule has 0 saturated carbocycles. The first kappa shape index (κ1) is 15.4. The third-order valence-corrected chi connectivity index (χ3v) is 5.60. The average Bonchev–Trinajstić information content (AvgIpc) is 2.48. The first-order chi connectivity index (χ1) is 9.54. The molecule has 1 aliphatic rings. The van der Waals surface area contributed by atoms with Gasteiger partial charge < -0.3 is 10.6 Å². The second-order valence-corrected chi connectivity index (χ2v) is 7.30. The molecule has 1 fully saturated rings. The molecular weight excluding hydrogens is 274 g/mol. The number of hydrogen-bond acceptors (Lipinski definition) is 4. The Labute approximate surface area is 121 Å². The summed E-state index contributed by atoms with van der Waals surface area (Å²) in [6, 6.07) is 8.64. The van der Waals surface area contributed by atoms with Crippen LogP contribution in [0.25, 0.3) is 0 Å². The lowest BCUT2D eigenvalue weighted by Crippen LogP contribution is -2.49. The minimum absolute atomic E-state index is 0.378. The molecule has 6 heteroatoms. The number of sulfonamides is 1. The number of rotatable bonds is 5. The summed E-state index contributed by atoms with van der Waals surface area (Å²) in [7, 11) is -3.34. The average molecular weight is 297 g/mol. The van der Waals surface area contributed by atoms with E-state index in [0.717, 1.165) is 19.6 Å². The minimum atomic E-state index is -3.34. The molecular formula is C14H23N3O2S. The molecule has 1 atom stereocenters. The maximum absolute atomic E-state index is 12.5. The van der Waals surface area contributed by atoms with Crippen molar-refractivity contribution in [2.24, 2.45) is 11.7 Å². The van der Waals surface area contributed by atoms with Crippen LogP contribution in [0.3, 0.4) is 0 Å². The Morgan fingerprint density at radius 3 is 2.30 bits per heavy atom. The van der Waals surface area contributed by atoms with E-state index in [0.29, 0.717) is 30.4 Å². The van der Waals surface area contributed by atoms with Crippen molar-refractivity contribution in [3.05, 3.63) is 30.3 Å². The quantitative estimate of drug-likeness (QED) is 0.864. The van der Waals surface area contributed by atoms with Crippen LogP contribution in [0.15, 0.2) is 35.2 Å². The van der Waals surface area contributed by atoms with E-state index < -0.39 is 10.0 Å². The molecule has 2 N–H and O–H groups in total. The van der Waals surface area contributed by atoms with E-state index in [4.69, 9.17) is 5.73 Å². The van der Waals surface area contributed by atoms with Gasteiger partial charge in [-0.25, -0.2) is 8.42 Å². The molecule has 1 aromatic rings. The van der Waals surface area contributed by atoms with Crippen LogP contribution in [0, 0.1) is 5.92 Å². The number of nitrogens with zero attached hydrogens (tertiary/aromatic N) is 2. The molecule has 0 amide bonds. The summed E-state index contributed by atoms with van der Waals surface area (Å²) < 4.78 is 26.5. The van der Waals surface area contributed by atoms with E-state index >= 15 is 0 Å². The highest BCUT2D eigenvalue weighted by Gasteiger charge is 2.28. The standard InChI is InChI=1S/C14H23N3O2S/c1-13(11-15)12-16-7-9-17(10-8-16)20(18,19)14-5-3-2-4-6-14/h2-6,13H,7-12,15H2,1H3. The Bertz CT molecular complexity index is 510. The zero-order valence-electron chi connectivity index (χ0n) is 11.9. The Morgan fingerprint density at radius 1 is 1.15 bits per heavy atom. The van der Waals surface area contributed by atoms with Crippen molar-refractivity contribution < 1.29 is 8.42 Å². The molecule has 1 heterocycles. The second-order valence-electron chi connectivity index (χ2n) is 5.36. The summed E-state index contributed by atoms with van der Waals surface area (Å²) in [5.41, 5.74) is 5.63. The molecule has 5 nitrogen and oxygen atoms in total. The topological polar surface area (TPSA) is 66.6 Å². The summed E-state index contributed by atoms with van der Waals surface area (Å²) in [6.07, 6.45) is 0. The smallest absolute Gasteiger partial charge is 0.243 e. The largest absolute Gasteiger partial charge is 0.330 e. The van der Waals surface area contributed by atoms with Gasteiger partial charge in [-0.3, -0.25) is 0 Å². The van der Waals surface area contributed by atoms with Crippen molar-refractivity contribution in [3.8, 4) is 0 Å². The normalized spacial score (nSPS) is 19.9. The van der Waals surface area contributed by atoms with Gasteiger partial charge in [0.2, 0.25) is 10.0 Å². The van der Waals surface area contributed by atoms with E-state index in [9.17, 15) is 8.42 Å². The highest BCUT2D eigenvalue weighted by molar-refractivity contribution is 7.89. The van der Waals surface area contributed by atoms with Crippen molar-refractivity contribution in [3.63, 3.8) is 0 Å². The monoisotopic (exact) mass is 297 g/mol. The zero-order valence-corrected chi connectivity index (χ0v) is 12.7. The molecule has 0 aromatic heterocycles. The lowest BCUT2D eigenvalue weighted by Gasteiger charge is -2.35. The number of benzene rings is 1. The van der Waals surface area contributed by atoms with Crippen molar-refractivity contribution >= 4 is 10.0 Å². The minimum Gasteiger partial charge on any atom is -0.330 e. The molecule has 1 aliphatic heterocycles. The van der Waals surface area contributed by atoms with Crippen LogP contribution in [-0.4, -0.2) is 56.9 Å². The number of nitrogens with two attached hydrogens (primary N) is 1. The number of hydrogen-bond donors (Lipinski definition) is 1. The molecule has 0 radical (unpaired) electrons. The summed E-state index contributed by atoms with van der Waals surface area (Å²) in [5, 5.41) is 0. The van der Waals surface area contributed by atoms with Crippen LogP contribution in [0.1, 0.15) is 6.92 Å². The van der Waals surface area contributed by atoms with Crippen LogP contribution >= 0.6 is 0 Å². The molecule has 1 saturated heterocycles. The fourth-order valence-corrected chi connectivity index (χ4v) is 3.85. The van der Waals surface area contributed by atoms with Gasteiger partial charge in [-0.1, -0.05) is 25.1 Å². The first-order valence-corrected chi connectivity index (χ1v) is 8.45. The van der Waals surface area contributed by atoms with Crippen molar-refractivity contribution in [2.75, 3.05) is 39.3 Å². The predicted molar refractivity (Wildman–Crippen MR) is 79.9 cm³/mol. The molecule has 112 valence electrons. The van der Waals surface area contributed by atoms with Crippen LogP contribution in [-0.2, 0) is 10.0 Å². The van der Waals surface area contributed by atoms with Crippen molar-refractivity contribution in [1.82, 2.24) is 9.21 Å². The fraction of sp³-hybridized carbons (Fsp3) is 0.571. The van der Waals surface area contributed by atoms with Gasteiger partial charge in [-0.2, -0.15) is 4.31 Å². The van der Waals surface area contributed by atoms with Crippen LogP contribution < -0.4 is 5.73 Å². The molecule has 1 unspecified atom stereocenters.